The lowest BCUT2D eigenvalue weighted by Gasteiger charge is -2.38. The van der Waals surface area contributed by atoms with Crippen molar-refractivity contribution in [1.29, 1.82) is 0 Å². The largest absolute Gasteiger partial charge is 0.507 e. The summed E-state index contributed by atoms with van der Waals surface area (Å²) in [7, 11) is 1.44. The van der Waals surface area contributed by atoms with Crippen molar-refractivity contribution in [2.45, 2.75) is 117 Å². The number of piperazine rings is 1. The van der Waals surface area contributed by atoms with E-state index in [-0.39, 0.29) is 49.9 Å². The molecule has 4 aliphatic heterocycles. The number of benzene rings is 2. The number of aliphatic hydroxyl groups is 2. The third-order valence-electron chi connectivity index (χ3n) is 13.5. The fourth-order valence-corrected chi connectivity index (χ4v) is 9.47. The number of rotatable bonds is 5. The second-order valence-corrected chi connectivity index (χ2v) is 17.8. The normalized spacial score (nSPS) is 31.9. The van der Waals surface area contributed by atoms with Crippen molar-refractivity contribution in [1.82, 2.24) is 9.91 Å². The van der Waals surface area contributed by atoms with Crippen LogP contribution in [-0.2, 0) is 23.8 Å². The Morgan fingerprint density at radius 3 is 2.20 bits per heavy atom. The van der Waals surface area contributed by atoms with E-state index in [2.05, 4.69) is 15.3 Å². The van der Waals surface area contributed by atoms with Gasteiger partial charge in [0, 0.05) is 93.4 Å². The summed E-state index contributed by atoms with van der Waals surface area (Å²) < 4.78 is 23.7. The van der Waals surface area contributed by atoms with Crippen LogP contribution in [0, 0.1) is 30.6 Å². The quantitative estimate of drug-likeness (QED) is 0.102. The van der Waals surface area contributed by atoms with Crippen molar-refractivity contribution in [3.8, 4) is 23.0 Å². The lowest BCUT2D eigenvalue weighted by atomic mass is 9.78. The van der Waals surface area contributed by atoms with Crippen LogP contribution in [0.25, 0.3) is 10.8 Å². The minimum absolute atomic E-state index is 0. The van der Waals surface area contributed by atoms with E-state index in [1.165, 1.54) is 85.1 Å². The summed E-state index contributed by atoms with van der Waals surface area (Å²) in [4.78, 5) is 43.2. The van der Waals surface area contributed by atoms with E-state index in [0.717, 1.165) is 13.1 Å². The van der Waals surface area contributed by atoms with Crippen molar-refractivity contribution in [3.63, 3.8) is 0 Å². The molecule has 2 aromatic rings. The number of ether oxygens (including phenoxy) is 4. The van der Waals surface area contributed by atoms with Gasteiger partial charge in [-0.3, -0.25) is 24.3 Å². The van der Waals surface area contributed by atoms with E-state index in [4.69, 9.17) is 18.9 Å². The summed E-state index contributed by atoms with van der Waals surface area (Å²) in [6, 6.07) is 0.553. The molecular weight excluding hydrogens is 829 g/mol. The van der Waals surface area contributed by atoms with Gasteiger partial charge in [-0.15, -0.1) is 0 Å². The molecule has 1 aliphatic carbocycles. The zero-order chi connectivity index (χ0) is 46.1. The second-order valence-electron chi connectivity index (χ2n) is 17.8. The Bertz CT molecular complexity index is 2190. The molecule has 17 heteroatoms. The monoisotopic (exact) mass is 894 g/mol. The smallest absolute Gasteiger partial charge is 0.312 e. The molecule has 2 aromatic carbocycles. The number of fused-ring (bicyclic) bond motifs is 14. The first-order valence-corrected chi connectivity index (χ1v) is 21.9. The highest BCUT2D eigenvalue weighted by molar-refractivity contribution is 6.23. The first kappa shape index (κ1) is 49.8. The Morgan fingerprint density at radius 2 is 1.58 bits per heavy atom. The lowest BCUT2D eigenvalue weighted by Crippen LogP contribution is -2.47. The molecule has 5 aliphatic rings. The van der Waals surface area contributed by atoms with Gasteiger partial charge in [-0.1, -0.05) is 58.8 Å². The number of hydrazone groups is 1. The number of carbonyl (C=O) groups excluding carboxylic acids is 3. The van der Waals surface area contributed by atoms with Crippen LogP contribution in [-0.4, -0.2) is 134 Å². The topological polar surface area (TPSA) is 252 Å². The number of nitrogens with one attached hydrogen (secondary N) is 1. The number of phenols is 3. The van der Waals surface area contributed by atoms with Gasteiger partial charge in [-0.05, 0) is 32.8 Å². The van der Waals surface area contributed by atoms with Gasteiger partial charge in [0.05, 0.1) is 53.0 Å². The molecule has 5 bridgehead atoms. The predicted molar refractivity (Wildman–Crippen MR) is 240 cm³/mol. The molecule has 8 N–H and O–H groups in total. The van der Waals surface area contributed by atoms with Gasteiger partial charge in [0.2, 0.25) is 0 Å². The van der Waals surface area contributed by atoms with E-state index in [1.807, 2.05) is 5.01 Å². The molecule has 0 aromatic heterocycles. The van der Waals surface area contributed by atoms with Crippen molar-refractivity contribution in [2.24, 2.45) is 28.8 Å². The summed E-state index contributed by atoms with van der Waals surface area (Å²) in [6.45, 7) is 15.4. The molecule has 0 radical (unpaired) electrons. The Labute approximate surface area is 374 Å². The molecule has 7 rings (SSSR count). The molecule has 352 valence electrons. The van der Waals surface area contributed by atoms with Gasteiger partial charge in [0.25, 0.3) is 11.7 Å². The maximum Gasteiger partial charge on any atom is 0.312 e. The van der Waals surface area contributed by atoms with Gasteiger partial charge >= 0.3 is 11.8 Å². The number of aliphatic hydroxyl groups excluding tert-OH is 2. The maximum atomic E-state index is 14.5. The third kappa shape index (κ3) is 9.73. The number of phenolic OH excluding ortho intramolecular Hbond substituents is 3. The summed E-state index contributed by atoms with van der Waals surface area (Å²) in [5.41, 5.74) is -0.293. The van der Waals surface area contributed by atoms with Crippen LogP contribution < -0.4 is 10.1 Å². The van der Waals surface area contributed by atoms with Crippen LogP contribution in [0.2, 0.25) is 0 Å². The number of amides is 1. The molecule has 9 atom stereocenters. The van der Waals surface area contributed by atoms with Crippen LogP contribution in [0.3, 0.4) is 0 Å². The van der Waals surface area contributed by atoms with Gasteiger partial charge < -0.3 is 55.3 Å². The number of methoxy groups -OCH3 is 1. The Hall–Kier alpha value is -5.20. The van der Waals surface area contributed by atoms with Crippen molar-refractivity contribution < 1.29 is 64.3 Å². The molecule has 4 heterocycles. The average Bonchev–Trinajstić information content (AvgIpc) is 3.89. The number of hydrogen-bond acceptors (Lipinski definition) is 15. The summed E-state index contributed by atoms with van der Waals surface area (Å²) in [6.07, 6.45) is 9.75. The van der Waals surface area contributed by atoms with Gasteiger partial charge in [0.15, 0.2) is 5.75 Å². The minimum Gasteiger partial charge on any atom is -0.507 e. The lowest BCUT2D eigenvalue weighted by molar-refractivity contribution is -0.160. The summed E-state index contributed by atoms with van der Waals surface area (Å²) in [5, 5.41) is 67.6. The maximum absolute atomic E-state index is 14.5. The van der Waals surface area contributed by atoms with Gasteiger partial charge in [-0.2, -0.15) is 5.10 Å². The van der Waals surface area contributed by atoms with Crippen LogP contribution in [0.15, 0.2) is 41.2 Å². The van der Waals surface area contributed by atoms with Crippen molar-refractivity contribution in [2.75, 3.05) is 38.6 Å². The number of Topliss-reactive ketones (excluding diaryl/α,β-unsaturated/α-hetero) is 1. The van der Waals surface area contributed by atoms with E-state index in [1.54, 1.807) is 39.8 Å². The number of allylic oxidation sites excluding steroid dienone is 2. The molecular formula is C47H66N4O13. The van der Waals surface area contributed by atoms with Crippen LogP contribution in [0.4, 0.5) is 5.69 Å². The fraction of sp³-hybridized carbons (Fsp3) is 0.574. The highest BCUT2D eigenvalue weighted by Gasteiger charge is 2.50. The van der Waals surface area contributed by atoms with E-state index >= 15 is 0 Å². The summed E-state index contributed by atoms with van der Waals surface area (Å²) in [5.74, 6) is -8.28. The van der Waals surface area contributed by atoms with Gasteiger partial charge in [0.1, 0.15) is 23.4 Å². The molecule has 1 amide bonds. The number of carbonyl (C=O) groups is 3. The van der Waals surface area contributed by atoms with Crippen LogP contribution in [0.5, 0.6) is 23.0 Å². The SMILES string of the molecule is CO[C@H]1/C=C/O[C@@]2(C)Oc3c(C)c(O)c4c(O)c(c(/C=N/N5CCN(C6CCCC6)CC5)c(O)c4c3C2=O)NC(=O)/C(C)=C\C=C\[C@H](C)[C@H](O)[C@@H](C)[C@@H](O)[C@@H](C)[C@H](OC(C)=O)[C@@H]1C.O. The first-order valence-electron chi connectivity index (χ1n) is 21.9. The second kappa shape index (κ2) is 20.3. The van der Waals surface area contributed by atoms with Gasteiger partial charge in [-0.25, -0.2) is 0 Å². The number of esters is 1. The van der Waals surface area contributed by atoms with Crippen molar-refractivity contribution >= 4 is 40.3 Å². The van der Waals surface area contributed by atoms with E-state index in [0.29, 0.717) is 19.1 Å². The highest BCUT2D eigenvalue weighted by Crippen LogP contribution is 2.55. The van der Waals surface area contributed by atoms with Crippen LogP contribution >= 0.6 is 0 Å². The van der Waals surface area contributed by atoms with E-state index in [9.17, 15) is 39.9 Å². The Balaban J connectivity index is 0.00000771. The highest BCUT2D eigenvalue weighted by atomic mass is 16.7. The first-order chi connectivity index (χ1) is 29.8. The number of anilines is 1. The average molecular weight is 895 g/mol. The standard InChI is InChI=1S/C47H64N4O12.H2O/c1-24-13-12-14-25(2)46(59)49-37-32(23-48-51-20-18-50(19-21-51)31-15-10-11-16-31)41(56)34-35(42(37)57)40(55)29(6)44-36(34)45(58)47(8,63-44)61-22-17-33(60-9)26(3)43(62-30(7)52)28(5)39(54)27(4)38(24)53;/h12-14,17,22-24,26-28,31,33,38-39,43,53-57H,10-11,15-16,18-21H2,1-9H3,(H,49,59);1H2/b13-12+,22-17+,25-14-,48-23+;/t24-,26+,27+,28+,33-,38-,39+,43+,47-;/m0./s1. The molecule has 2 fully saturated rings. The molecule has 1 saturated heterocycles. The Morgan fingerprint density at radius 1 is 0.922 bits per heavy atom. The zero-order valence-corrected chi connectivity index (χ0v) is 38.3. The Kier molecular flexibility index (Phi) is 15.8. The molecule has 0 unspecified atom stereocenters. The number of aromatic hydroxyl groups is 3. The molecule has 0 spiro atoms. The van der Waals surface area contributed by atoms with E-state index < -0.39 is 88.8 Å². The summed E-state index contributed by atoms with van der Waals surface area (Å²) >= 11 is 0. The van der Waals surface area contributed by atoms with Crippen molar-refractivity contribution in [3.05, 3.63) is 52.8 Å². The number of hydrogen-bond donors (Lipinski definition) is 6. The fourth-order valence-electron chi connectivity index (χ4n) is 9.47. The minimum atomic E-state index is -2.04. The van der Waals surface area contributed by atoms with Crippen LogP contribution in [0.1, 0.15) is 95.6 Å². The zero-order valence-electron chi connectivity index (χ0n) is 38.3. The molecule has 1 saturated carbocycles. The molecule has 17 nitrogen and oxygen atoms in total. The third-order valence-corrected chi connectivity index (χ3v) is 13.5. The predicted octanol–water partition coefficient (Wildman–Crippen LogP) is 4.82. The number of nitrogens with zero attached hydrogens (tertiary/aromatic N) is 3. The molecule has 64 heavy (non-hydrogen) atoms. The number of ketones is 1.